The largest absolute Gasteiger partial charge is 0.497 e. The molecule has 4 heteroatoms. The first-order valence-electron chi connectivity index (χ1n) is 8.24. The number of nitrogens with zero attached hydrogens (tertiary/aromatic N) is 1. The molecule has 0 unspecified atom stereocenters. The van der Waals surface area contributed by atoms with Crippen LogP contribution in [0.4, 0.5) is 0 Å². The molecule has 0 N–H and O–H groups in total. The van der Waals surface area contributed by atoms with Crippen molar-refractivity contribution in [2.45, 2.75) is 6.61 Å². The maximum absolute atomic E-state index is 12.2. The second kappa shape index (κ2) is 8.62. The van der Waals surface area contributed by atoms with Crippen molar-refractivity contribution in [1.82, 2.24) is 4.98 Å². The summed E-state index contributed by atoms with van der Waals surface area (Å²) >= 11 is 0. The normalized spacial score (nSPS) is 10.7. The van der Waals surface area contributed by atoms with Crippen LogP contribution in [-0.2, 0) is 6.61 Å². The fraction of sp³-hybridized carbons (Fsp3) is 0.0909. The van der Waals surface area contributed by atoms with Gasteiger partial charge in [0.2, 0.25) is 0 Å². The van der Waals surface area contributed by atoms with Crippen molar-refractivity contribution in [3.63, 3.8) is 0 Å². The molecule has 3 aromatic rings. The van der Waals surface area contributed by atoms with Crippen LogP contribution in [0.25, 0.3) is 6.08 Å². The molecule has 3 rings (SSSR count). The van der Waals surface area contributed by atoms with E-state index in [4.69, 9.17) is 9.47 Å². The molecule has 130 valence electrons. The average Bonchev–Trinajstić information content (AvgIpc) is 2.72. The highest BCUT2D eigenvalue weighted by Gasteiger charge is 2.02. The SMILES string of the molecule is COc1ccc(C(=O)/C=C/c2ccc(OCc3ccccn3)cc2)cc1. The van der Waals surface area contributed by atoms with Crippen molar-refractivity contribution >= 4 is 11.9 Å². The Bertz CT molecular complexity index is 870. The highest BCUT2D eigenvalue weighted by molar-refractivity contribution is 6.06. The minimum atomic E-state index is -0.0527. The van der Waals surface area contributed by atoms with Crippen LogP contribution in [-0.4, -0.2) is 17.9 Å². The monoisotopic (exact) mass is 345 g/mol. The summed E-state index contributed by atoms with van der Waals surface area (Å²) < 4.78 is 10.8. The number of rotatable bonds is 7. The van der Waals surface area contributed by atoms with Gasteiger partial charge in [0.15, 0.2) is 5.78 Å². The predicted octanol–water partition coefficient (Wildman–Crippen LogP) is 4.57. The Labute approximate surface area is 152 Å². The Kier molecular flexibility index (Phi) is 5.78. The van der Waals surface area contributed by atoms with Gasteiger partial charge in [-0.1, -0.05) is 24.3 Å². The van der Waals surface area contributed by atoms with Gasteiger partial charge >= 0.3 is 0 Å². The fourth-order valence-electron chi connectivity index (χ4n) is 2.34. The van der Waals surface area contributed by atoms with E-state index in [1.165, 1.54) is 0 Å². The van der Waals surface area contributed by atoms with Crippen molar-refractivity contribution in [2.24, 2.45) is 0 Å². The summed E-state index contributed by atoms with van der Waals surface area (Å²) in [5, 5.41) is 0. The molecule has 0 spiro atoms. The Hall–Kier alpha value is -3.40. The van der Waals surface area contributed by atoms with Crippen LogP contribution in [0.3, 0.4) is 0 Å². The third-order valence-corrected chi connectivity index (χ3v) is 3.79. The van der Waals surface area contributed by atoms with Crippen LogP contribution < -0.4 is 9.47 Å². The number of pyridine rings is 1. The highest BCUT2D eigenvalue weighted by Crippen LogP contribution is 2.16. The lowest BCUT2D eigenvalue weighted by Crippen LogP contribution is -1.97. The molecule has 0 saturated carbocycles. The zero-order chi connectivity index (χ0) is 18.2. The van der Waals surface area contributed by atoms with Gasteiger partial charge < -0.3 is 9.47 Å². The quantitative estimate of drug-likeness (QED) is 0.465. The van der Waals surface area contributed by atoms with Crippen molar-refractivity contribution in [1.29, 1.82) is 0 Å². The van der Waals surface area contributed by atoms with Crippen LogP contribution in [0.1, 0.15) is 21.6 Å². The van der Waals surface area contributed by atoms with Gasteiger partial charge in [-0.15, -0.1) is 0 Å². The lowest BCUT2D eigenvalue weighted by atomic mass is 10.1. The maximum Gasteiger partial charge on any atom is 0.185 e. The summed E-state index contributed by atoms with van der Waals surface area (Å²) in [5.74, 6) is 1.43. The van der Waals surface area contributed by atoms with Gasteiger partial charge in [-0.05, 0) is 60.2 Å². The van der Waals surface area contributed by atoms with Crippen molar-refractivity contribution in [3.05, 3.63) is 95.8 Å². The standard InChI is InChI=1S/C22H19NO3/c1-25-20-12-8-18(9-13-20)22(24)14-7-17-5-10-21(11-6-17)26-16-19-4-2-3-15-23-19/h2-15H,16H2,1H3/b14-7+. The van der Waals surface area contributed by atoms with E-state index in [9.17, 15) is 4.79 Å². The molecule has 1 aromatic heterocycles. The van der Waals surface area contributed by atoms with Gasteiger partial charge in [-0.2, -0.15) is 0 Å². The number of hydrogen-bond acceptors (Lipinski definition) is 4. The van der Waals surface area contributed by atoms with Crippen LogP contribution >= 0.6 is 0 Å². The van der Waals surface area contributed by atoms with E-state index in [2.05, 4.69) is 4.98 Å². The van der Waals surface area contributed by atoms with Crippen molar-refractivity contribution < 1.29 is 14.3 Å². The van der Waals surface area contributed by atoms with Gasteiger partial charge in [-0.25, -0.2) is 0 Å². The van der Waals surface area contributed by atoms with Gasteiger partial charge in [0.05, 0.1) is 12.8 Å². The molecule has 0 amide bonds. The fourth-order valence-corrected chi connectivity index (χ4v) is 2.34. The number of carbonyl (C=O) groups excluding carboxylic acids is 1. The molecule has 0 aliphatic heterocycles. The molecule has 0 atom stereocenters. The number of allylic oxidation sites excluding steroid dienone is 1. The Morgan fingerprint density at radius 1 is 0.962 bits per heavy atom. The van der Waals surface area contributed by atoms with Crippen molar-refractivity contribution in [2.75, 3.05) is 7.11 Å². The highest BCUT2D eigenvalue weighted by atomic mass is 16.5. The molecule has 2 aromatic carbocycles. The summed E-state index contributed by atoms with van der Waals surface area (Å²) in [4.78, 5) is 16.4. The second-order valence-electron chi connectivity index (χ2n) is 5.60. The molecule has 0 fully saturated rings. The lowest BCUT2D eigenvalue weighted by Gasteiger charge is -2.05. The van der Waals surface area contributed by atoms with Crippen LogP contribution in [0, 0.1) is 0 Å². The molecular weight excluding hydrogens is 326 g/mol. The summed E-state index contributed by atoms with van der Waals surface area (Å²) in [6.07, 6.45) is 5.09. The lowest BCUT2D eigenvalue weighted by molar-refractivity contribution is 0.104. The number of ketones is 1. The Morgan fingerprint density at radius 2 is 1.69 bits per heavy atom. The molecule has 4 nitrogen and oxygen atoms in total. The average molecular weight is 345 g/mol. The predicted molar refractivity (Wildman–Crippen MR) is 101 cm³/mol. The molecule has 0 bridgehead atoms. The first-order valence-corrected chi connectivity index (χ1v) is 8.24. The smallest absolute Gasteiger partial charge is 0.185 e. The zero-order valence-electron chi connectivity index (χ0n) is 14.5. The first-order chi connectivity index (χ1) is 12.7. The molecule has 0 aliphatic rings. The molecule has 0 aliphatic carbocycles. The van der Waals surface area contributed by atoms with E-state index in [0.717, 1.165) is 22.8 Å². The van der Waals surface area contributed by atoms with E-state index in [1.807, 2.05) is 42.5 Å². The van der Waals surface area contributed by atoms with Gasteiger partial charge in [0.1, 0.15) is 18.1 Å². The molecule has 1 heterocycles. The number of methoxy groups -OCH3 is 1. The van der Waals surface area contributed by atoms with E-state index >= 15 is 0 Å². The molecular formula is C22H19NO3. The van der Waals surface area contributed by atoms with E-state index < -0.39 is 0 Å². The third-order valence-electron chi connectivity index (χ3n) is 3.79. The van der Waals surface area contributed by atoms with Crippen LogP contribution in [0.15, 0.2) is 79.0 Å². The van der Waals surface area contributed by atoms with Crippen LogP contribution in [0.5, 0.6) is 11.5 Å². The summed E-state index contributed by atoms with van der Waals surface area (Å²) in [6, 6.07) is 20.3. The number of benzene rings is 2. The Balaban J connectivity index is 1.57. The summed E-state index contributed by atoms with van der Waals surface area (Å²) in [6.45, 7) is 0.423. The molecule has 26 heavy (non-hydrogen) atoms. The molecule has 0 saturated heterocycles. The van der Waals surface area contributed by atoms with Gasteiger partial charge in [-0.3, -0.25) is 9.78 Å². The van der Waals surface area contributed by atoms with E-state index in [1.54, 1.807) is 49.7 Å². The van der Waals surface area contributed by atoms with E-state index in [0.29, 0.717) is 12.2 Å². The van der Waals surface area contributed by atoms with E-state index in [-0.39, 0.29) is 5.78 Å². The zero-order valence-corrected chi connectivity index (χ0v) is 14.5. The van der Waals surface area contributed by atoms with Gasteiger partial charge in [0.25, 0.3) is 0 Å². The second-order valence-corrected chi connectivity index (χ2v) is 5.60. The van der Waals surface area contributed by atoms with Crippen LogP contribution in [0.2, 0.25) is 0 Å². The van der Waals surface area contributed by atoms with Crippen molar-refractivity contribution in [3.8, 4) is 11.5 Å². The summed E-state index contributed by atoms with van der Waals surface area (Å²) in [5.41, 5.74) is 2.43. The minimum Gasteiger partial charge on any atom is -0.497 e. The summed E-state index contributed by atoms with van der Waals surface area (Å²) in [7, 11) is 1.60. The molecule has 0 radical (unpaired) electrons. The topological polar surface area (TPSA) is 48.4 Å². The third kappa shape index (κ3) is 4.80. The minimum absolute atomic E-state index is 0.0527. The number of hydrogen-bond donors (Lipinski definition) is 0. The number of aromatic nitrogens is 1. The number of ether oxygens (including phenoxy) is 2. The first kappa shape index (κ1) is 17.4. The maximum atomic E-state index is 12.2. The van der Waals surface area contributed by atoms with Gasteiger partial charge in [0, 0.05) is 11.8 Å². The Morgan fingerprint density at radius 3 is 2.35 bits per heavy atom. The number of carbonyl (C=O) groups is 1.